The molecule has 1 aromatic carbocycles. The number of benzene rings is 1. The highest BCUT2D eigenvalue weighted by atomic mass is 14.9. The van der Waals surface area contributed by atoms with Crippen molar-refractivity contribution in [2.24, 2.45) is 17.8 Å². The van der Waals surface area contributed by atoms with Gasteiger partial charge in [0.05, 0.1) is 0 Å². The number of nitrogens with one attached hydrogen (secondary N) is 1. The number of hydrogen-bond acceptors (Lipinski definition) is 1. The van der Waals surface area contributed by atoms with Crippen LogP contribution in [0, 0.1) is 24.7 Å². The molecule has 0 aromatic heterocycles. The first-order valence-electron chi connectivity index (χ1n) is 8.90. The first kappa shape index (κ1) is 16.5. The lowest BCUT2D eigenvalue weighted by atomic mass is 9.87. The van der Waals surface area contributed by atoms with Crippen molar-refractivity contribution in [2.75, 3.05) is 13.1 Å². The monoisotopic (exact) mass is 287 g/mol. The van der Waals surface area contributed by atoms with Gasteiger partial charge in [-0.05, 0) is 61.7 Å². The summed E-state index contributed by atoms with van der Waals surface area (Å²) in [4.78, 5) is 0. The maximum absolute atomic E-state index is 3.70. The van der Waals surface area contributed by atoms with Gasteiger partial charge in [-0.1, -0.05) is 63.8 Å². The Morgan fingerprint density at radius 3 is 2.48 bits per heavy atom. The fraction of sp³-hybridized carbons (Fsp3) is 0.700. The van der Waals surface area contributed by atoms with Gasteiger partial charge >= 0.3 is 0 Å². The molecule has 1 heteroatoms. The maximum atomic E-state index is 3.70. The summed E-state index contributed by atoms with van der Waals surface area (Å²) in [6, 6.07) is 8.92. The van der Waals surface area contributed by atoms with E-state index < -0.39 is 0 Å². The molecule has 1 nitrogen and oxygen atoms in total. The summed E-state index contributed by atoms with van der Waals surface area (Å²) in [5.74, 6) is 2.53. The van der Waals surface area contributed by atoms with Crippen molar-refractivity contribution in [3.63, 3.8) is 0 Å². The second-order valence-corrected chi connectivity index (χ2v) is 7.43. The molecule has 0 heterocycles. The van der Waals surface area contributed by atoms with Crippen molar-refractivity contribution in [1.82, 2.24) is 5.32 Å². The van der Waals surface area contributed by atoms with Crippen LogP contribution in [0.3, 0.4) is 0 Å². The zero-order valence-electron chi connectivity index (χ0n) is 14.2. The summed E-state index contributed by atoms with van der Waals surface area (Å²) in [6.45, 7) is 9.17. The lowest BCUT2D eigenvalue weighted by molar-refractivity contribution is 0.351. The normalized spacial score (nSPS) is 17.5. The van der Waals surface area contributed by atoms with E-state index in [1.807, 2.05) is 0 Å². The van der Waals surface area contributed by atoms with Gasteiger partial charge in [0.25, 0.3) is 0 Å². The summed E-state index contributed by atoms with van der Waals surface area (Å²) in [5.41, 5.74) is 3.00. The fourth-order valence-corrected chi connectivity index (χ4v) is 3.68. The molecule has 1 aliphatic rings. The van der Waals surface area contributed by atoms with Crippen LogP contribution in [0.25, 0.3) is 0 Å². The van der Waals surface area contributed by atoms with E-state index in [0.29, 0.717) is 0 Å². The molecule has 21 heavy (non-hydrogen) atoms. The largest absolute Gasteiger partial charge is 0.316 e. The minimum atomic E-state index is 0.746. The summed E-state index contributed by atoms with van der Waals surface area (Å²) in [6.07, 6.45) is 8.51. The molecule has 0 radical (unpaired) electrons. The zero-order chi connectivity index (χ0) is 15.1. The predicted molar refractivity (Wildman–Crippen MR) is 92.7 cm³/mol. The third-order valence-corrected chi connectivity index (χ3v) is 4.90. The van der Waals surface area contributed by atoms with E-state index in [9.17, 15) is 0 Å². The van der Waals surface area contributed by atoms with E-state index in [-0.39, 0.29) is 0 Å². The SMILES string of the molecule is Cc1ccccc1CC(CNCC(C)C)CC1CCCC1. The van der Waals surface area contributed by atoms with Gasteiger partial charge in [-0.2, -0.15) is 0 Å². The molecule has 1 aliphatic carbocycles. The molecule has 118 valence electrons. The third-order valence-electron chi connectivity index (χ3n) is 4.90. The molecule has 1 N–H and O–H groups in total. The molecule has 0 amide bonds. The van der Waals surface area contributed by atoms with Crippen LogP contribution in [0.1, 0.15) is 57.1 Å². The highest BCUT2D eigenvalue weighted by Gasteiger charge is 2.20. The Morgan fingerprint density at radius 1 is 1.10 bits per heavy atom. The van der Waals surface area contributed by atoms with Gasteiger partial charge in [-0.3, -0.25) is 0 Å². The second kappa shape index (κ2) is 8.58. The van der Waals surface area contributed by atoms with Crippen LogP contribution in [-0.2, 0) is 6.42 Å². The highest BCUT2D eigenvalue weighted by molar-refractivity contribution is 5.26. The van der Waals surface area contributed by atoms with Crippen molar-refractivity contribution in [2.45, 2.75) is 59.3 Å². The Hall–Kier alpha value is -0.820. The first-order chi connectivity index (χ1) is 10.1. The minimum absolute atomic E-state index is 0.746. The Balaban J connectivity index is 1.91. The van der Waals surface area contributed by atoms with Gasteiger partial charge in [0.1, 0.15) is 0 Å². The fourth-order valence-electron chi connectivity index (χ4n) is 3.68. The summed E-state index contributed by atoms with van der Waals surface area (Å²) in [7, 11) is 0. The number of rotatable bonds is 8. The summed E-state index contributed by atoms with van der Waals surface area (Å²) in [5, 5.41) is 3.70. The van der Waals surface area contributed by atoms with Crippen molar-refractivity contribution in [3.8, 4) is 0 Å². The Bertz CT molecular complexity index is 404. The van der Waals surface area contributed by atoms with Gasteiger partial charge in [0, 0.05) is 0 Å². The Labute approximate surface area is 131 Å². The van der Waals surface area contributed by atoms with Crippen LogP contribution in [0.15, 0.2) is 24.3 Å². The van der Waals surface area contributed by atoms with Crippen LogP contribution in [0.4, 0.5) is 0 Å². The Morgan fingerprint density at radius 2 is 1.81 bits per heavy atom. The number of hydrogen-bond donors (Lipinski definition) is 1. The van der Waals surface area contributed by atoms with E-state index in [1.165, 1.54) is 50.6 Å². The van der Waals surface area contributed by atoms with Crippen LogP contribution in [0.5, 0.6) is 0 Å². The van der Waals surface area contributed by atoms with Crippen molar-refractivity contribution < 1.29 is 0 Å². The molecule has 0 aliphatic heterocycles. The van der Waals surface area contributed by atoms with E-state index in [1.54, 1.807) is 5.56 Å². The molecule has 1 saturated carbocycles. The van der Waals surface area contributed by atoms with Crippen molar-refractivity contribution >= 4 is 0 Å². The molecule has 1 fully saturated rings. The molecular weight excluding hydrogens is 254 g/mol. The molecular formula is C20H33N. The molecule has 2 rings (SSSR count). The van der Waals surface area contributed by atoms with Crippen molar-refractivity contribution in [1.29, 1.82) is 0 Å². The van der Waals surface area contributed by atoms with Crippen LogP contribution >= 0.6 is 0 Å². The minimum Gasteiger partial charge on any atom is -0.316 e. The lowest BCUT2D eigenvalue weighted by Crippen LogP contribution is -2.28. The Kier molecular flexibility index (Phi) is 6.76. The third kappa shape index (κ3) is 5.82. The van der Waals surface area contributed by atoms with E-state index in [4.69, 9.17) is 0 Å². The molecule has 0 bridgehead atoms. The van der Waals surface area contributed by atoms with Gasteiger partial charge in [-0.25, -0.2) is 0 Å². The highest BCUT2D eigenvalue weighted by Crippen LogP contribution is 2.31. The van der Waals surface area contributed by atoms with E-state index in [2.05, 4.69) is 50.4 Å². The summed E-state index contributed by atoms with van der Waals surface area (Å²) >= 11 is 0. The smallest absolute Gasteiger partial charge is 0.00171 e. The van der Waals surface area contributed by atoms with Gasteiger partial charge in [0.15, 0.2) is 0 Å². The quantitative estimate of drug-likeness (QED) is 0.711. The average Bonchev–Trinajstić information content (AvgIpc) is 2.93. The van der Waals surface area contributed by atoms with Crippen LogP contribution in [0.2, 0.25) is 0 Å². The topological polar surface area (TPSA) is 12.0 Å². The molecule has 1 atom stereocenters. The molecule has 1 unspecified atom stereocenters. The summed E-state index contributed by atoms with van der Waals surface area (Å²) < 4.78 is 0. The van der Waals surface area contributed by atoms with Crippen molar-refractivity contribution in [3.05, 3.63) is 35.4 Å². The van der Waals surface area contributed by atoms with E-state index in [0.717, 1.165) is 24.3 Å². The molecule has 0 spiro atoms. The second-order valence-electron chi connectivity index (χ2n) is 7.43. The zero-order valence-corrected chi connectivity index (χ0v) is 14.2. The van der Waals surface area contributed by atoms with Crippen LogP contribution < -0.4 is 5.32 Å². The van der Waals surface area contributed by atoms with Gasteiger partial charge < -0.3 is 5.32 Å². The molecule has 0 saturated heterocycles. The molecule has 1 aromatic rings. The lowest BCUT2D eigenvalue weighted by Gasteiger charge is -2.22. The standard InChI is InChI=1S/C20H33N/c1-16(2)14-21-15-19(12-18-9-5-6-10-18)13-20-11-7-4-8-17(20)3/h4,7-8,11,16,18-19,21H,5-6,9-10,12-15H2,1-3H3. The van der Waals surface area contributed by atoms with Gasteiger partial charge in [-0.15, -0.1) is 0 Å². The first-order valence-corrected chi connectivity index (χ1v) is 8.90. The number of aryl methyl sites for hydroxylation is 1. The predicted octanol–water partition coefficient (Wildman–Crippen LogP) is 4.98. The average molecular weight is 287 g/mol. The maximum Gasteiger partial charge on any atom is -0.00171 e. The van der Waals surface area contributed by atoms with Crippen LogP contribution in [-0.4, -0.2) is 13.1 Å². The van der Waals surface area contributed by atoms with E-state index >= 15 is 0 Å². The van der Waals surface area contributed by atoms with Gasteiger partial charge in [0.2, 0.25) is 0 Å².